The summed E-state index contributed by atoms with van der Waals surface area (Å²) in [5.41, 5.74) is 4.28. The summed E-state index contributed by atoms with van der Waals surface area (Å²) in [6.45, 7) is 1.24. The number of halogens is 2. The van der Waals surface area contributed by atoms with E-state index in [0.717, 1.165) is 55.6 Å². The minimum atomic E-state index is -0.294. The molecule has 0 spiro atoms. The Kier molecular flexibility index (Phi) is 4.03. The zero-order chi connectivity index (χ0) is 20.3. The summed E-state index contributed by atoms with van der Waals surface area (Å²) < 4.78 is 34.3. The van der Waals surface area contributed by atoms with Crippen LogP contribution in [0.2, 0.25) is 0 Å². The van der Waals surface area contributed by atoms with Crippen molar-refractivity contribution < 1.29 is 13.5 Å². The summed E-state index contributed by atoms with van der Waals surface area (Å²) in [6.07, 6.45) is 0. The Morgan fingerprint density at radius 3 is 1.90 bits per heavy atom. The molecule has 2 heterocycles. The van der Waals surface area contributed by atoms with Gasteiger partial charge in [0, 0.05) is 39.1 Å². The summed E-state index contributed by atoms with van der Waals surface area (Å²) in [5, 5.41) is 3.39. The molecule has 0 saturated carbocycles. The van der Waals surface area contributed by atoms with Crippen LogP contribution in [-0.4, -0.2) is 50.0 Å². The fraction of sp³-hybridized carbons (Fsp3) is 0.182. The van der Waals surface area contributed by atoms with Gasteiger partial charge in [0.2, 0.25) is 0 Å². The highest BCUT2D eigenvalue weighted by molar-refractivity contribution is 6.50. The first kappa shape index (κ1) is 18.0. The molecule has 0 bridgehead atoms. The fourth-order valence-electron chi connectivity index (χ4n) is 4.17. The van der Waals surface area contributed by atoms with Crippen molar-refractivity contribution in [3.8, 4) is 5.75 Å². The molecule has 4 nitrogen and oxygen atoms in total. The molecular formula is C22H20BF2N3O. The van der Waals surface area contributed by atoms with E-state index in [9.17, 15) is 8.78 Å². The van der Waals surface area contributed by atoms with Gasteiger partial charge in [0.05, 0.1) is 11.0 Å². The lowest BCUT2D eigenvalue weighted by atomic mass is 9.86. The predicted molar refractivity (Wildman–Crippen MR) is 117 cm³/mol. The van der Waals surface area contributed by atoms with Crippen LogP contribution < -0.4 is 10.2 Å². The zero-order valence-corrected chi connectivity index (χ0v) is 16.5. The van der Waals surface area contributed by atoms with E-state index in [4.69, 9.17) is 4.74 Å². The Labute approximate surface area is 166 Å². The third-order valence-corrected chi connectivity index (χ3v) is 5.51. The second-order valence-corrected chi connectivity index (χ2v) is 7.74. The van der Waals surface area contributed by atoms with E-state index in [0.29, 0.717) is 12.4 Å². The van der Waals surface area contributed by atoms with Gasteiger partial charge in [-0.1, -0.05) is 5.46 Å². The lowest BCUT2D eigenvalue weighted by Crippen LogP contribution is -2.20. The molecule has 2 N–H and O–H groups in total. The monoisotopic (exact) mass is 391 g/mol. The van der Waals surface area contributed by atoms with E-state index in [1.807, 2.05) is 26.8 Å². The van der Waals surface area contributed by atoms with Gasteiger partial charge in [0.25, 0.3) is 0 Å². The third kappa shape index (κ3) is 2.76. The van der Waals surface area contributed by atoms with Gasteiger partial charge in [-0.2, -0.15) is 0 Å². The number of aromatic nitrogens is 2. The maximum atomic E-state index is 14.0. The van der Waals surface area contributed by atoms with Gasteiger partial charge in [-0.25, -0.2) is 8.78 Å². The Balaban J connectivity index is 1.92. The number of ether oxygens (including phenoxy) is 1. The van der Waals surface area contributed by atoms with Gasteiger partial charge in [0.15, 0.2) is 5.75 Å². The molecule has 0 aliphatic carbocycles. The van der Waals surface area contributed by atoms with Crippen molar-refractivity contribution in [2.45, 2.75) is 0 Å². The molecule has 0 aliphatic heterocycles. The van der Waals surface area contributed by atoms with Gasteiger partial charge in [-0.15, -0.1) is 0 Å². The van der Waals surface area contributed by atoms with Crippen molar-refractivity contribution in [2.75, 3.05) is 27.2 Å². The molecule has 5 rings (SSSR count). The van der Waals surface area contributed by atoms with Crippen molar-refractivity contribution in [3.05, 3.63) is 48.0 Å². The topological polar surface area (TPSA) is 44.0 Å². The second-order valence-electron chi connectivity index (χ2n) is 7.74. The van der Waals surface area contributed by atoms with Crippen molar-refractivity contribution in [1.29, 1.82) is 0 Å². The number of benzene rings is 3. The summed E-state index contributed by atoms with van der Waals surface area (Å²) in [7, 11) is 5.97. The Morgan fingerprint density at radius 1 is 0.897 bits per heavy atom. The predicted octanol–water partition coefficient (Wildman–Crippen LogP) is 3.43. The number of likely N-dealkylation sites (N-methyl/N-ethyl adjacent to an activating group) is 1. The van der Waals surface area contributed by atoms with Crippen LogP contribution in [0.4, 0.5) is 8.78 Å². The fourth-order valence-corrected chi connectivity index (χ4v) is 4.17. The number of hydrogen-bond acceptors (Lipinski definition) is 2. The average Bonchev–Trinajstić information content (AvgIpc) is 3.22. The molecule has 0 saturated heterocycles. The first-order valence-corrected chi connectivity index (χ1v) is 9.56. The smallest absolute Gasteiger partial charge is 0.167 e. The minimum Gasteiger partial charge on any atom is -0.488 e. The molecule has 3 aromatic carbocycles. The van der Waals surface area contributed by atoms with Gasteiger partial charge in [-0.05, 0) is 50.5 Å². The van der Waals surface area contributed by atoms with Crippen molar-refractivity contribution in [3.63, 3.8) is 0 Å². The van der Waals surface area contributed by atoms with Crippen LogP contribution in [0.3, 0.4) is 0 Å². The quantitative estimate of drug-likeness (QED) is 0.461. The number of nitrogens with zero attached hydrogens (tertiary/aromatic N) is 1. The molecule has 0 unspecified atom stereocenters. The van der Waals surface area contributed by atoms with E-state index in [1.54, 1.807) is 12.1 Å². The van der Waals surface area contributed by atoms with Crippen molar-refractivity contribution >= 4 is 56.9 Å². The van der Waals surface area contributed by atoms with E-state index in [1.165, 1.54) is 24.3 Å². The van der Waals surface area contributed by atoms with Crippen LogP contribution in [0.15, 0.2) is 36.4 Å². The van der Waals surface area contributed by atoms with Crippen molar-refractivity contribution in [1.82, 2.24) is 14.9 Å². The van der Waals surface area contributed by atoms with Crippen LogP contribution >= 0.6 is 0 Å². The average molecular weight is 391 g/mol. The number of fused-ring (bicyclic) bond motifs is 6. The number of rotatable bonds is 4. The van der Waals surface area contributed by atoms with Crippen LogP contribution in [0, 0.1) is 11.6 Å². The number of aromatic amines is 2. The molecule has 2 aromatic heterocycles. The summed E-state index contributed by atoms with van der Waals surface area (Å²) in [6, 6.07) is 9.42. The number of H-pyrrole nitrogens is 2. The maximum Gasteiger partial charge on any atom is 0.167 e. The molecule has 146 valence electrons. The Bertz CT molecular complexity index is 1310. The number of nitrogens with one attached hydrogen (secondary N) is 2. The molecular weight excluding hydrogens is 371 g/mol. The maximum absolute atomic E-state index is 14.0. The summed E-state index contributed by atoms with van der Waals surface area (Å²) in [5.74, 6) is 0.0894. The molecule has 0 amide bonds. The summed E-state index contributed by atoms with van der Waals surface area (Å²) >= 11 is 0. The Morgan fingerprint density at radius 2 is 1.41 bits per heavy atom. The van der Waals surface area contributed by atoms with Crippen molar-refractivity contribution in [2.24, 2.45) is 0 Å². The molecule has 0 aliphatic rings. The molecule has 0 fully saturated rings. The van der Waals surface area contributed by atoms with Gasteiger partial charge in [0.1, 0.15) is 26.1 Å². The summed E-state index contributed by atoms with van der Waals surface area (Å²) in [4.78, 5) is 8.85. The highest BCUT2D eigenvalue weighted by Crippen LogP contribution is 2.39. The van der Waals surface area contributed by atoms with Gasteiger partial charge < -0.3 is 19.6 Å². The minimum absolute atomic E-state index is 0.294. The SMILES string of the molecule is Bc1c2c([nH]c3ccc(F)cc32)c(OCCN(C)C)c2[nH]c3ccc(F)cc3c12. The van der Waals surface area contributed by atoms with Gasteiger partial charge >= 0.3 is 0 Å². The molecule has 5 aromatic rings. The normalized spacial score (nSPS) is 12.2. The first-order chi connectivity index (χ1) is 13.9. The van der Waals surface area contributed by atoms with Gasteiger partial charge in [-0.3, -0.25) is 0 Å². The molecule has 7 heteroatoms. The molecule has 0 radical (unpaired) electrons. The van der Waals surface area contributed by atoms with E-state index < -0.39 is 0 Å². The van der Waals surface area contributed by atoms with E-state index >= 15 is 0 Å². The zero-order valence-electron chi connectivity index (χ0n) is 16.5. The van der Waals surface area contributed by atoms with Crippen LogP contribution in [0.5, 0.6) is 5.75 Å². The van der Waals surface area contributed by atoms with E-state index in [2.05, 4.69) is 9.97 Å². The largest absolute Gasteiger partial charge is 0.488 e. The first-order valence-electron chi connectivity index (χ1n) is 9.56. The van der Waals surface area contributed by atoms with Crippen LogP contribution in [0.25, 0.3) is 43.6 Å². The molecule has 29 heavy (non-hydrogen) atoms. The second kappa shape index (κ2) is 6.49. The molecule has 0 atom stereocenters. The Hall–Kier alpha value is -3.06. The van der Waals surface area contributed by atoms with Crippen LogP contribution in [0.1, 0.15) is 0 Å². The van der Waals surface area contributed by atoms with Crippen LogP contribution in [-0.2, 0) is 0 Å². The lowest BCUT2D eigenvalue weighted by Gasteiger charge is -2.14. The van der Waals surface area contributed by atoms with E-state index in [-0.39, 0.29) is 11.6 Å². The highest BCUT2D eigenvalue weighted by Gasteiger charge is 2.21. The standard InChI is InChI=1S/C22H20BF2N3O/c1-28(2)7-8-29-22-20-17(13-9-11(24)3-5-15(13)26-20)19(23)18-14-10-12(25)4-6-16(14)27-21(18)22/h3-6,9-10,26-27H,7-8,23H2,1-2H3. The lowest BCUT2D eigenvalue weighted by molar-refractivity contribution is 0.265. The number of hydrogen-bond donors (Lipinski definition) is 2. The highest BCUT2D eigenvalue weighted by atomic mass is 19.1. The third-order valence-electron chi connectivity index (χ3n) is 5.51.